The summed E-state index contributed by atoms with van der Waals surface area (Å²) in [5.74, 6) is 1.00. The van der Waals surface area contributed by atoms with Crippen LogP contribution in [0.1, 0.15) is 23.2 Å². The summed E-state index contributed by atoms with van der Waals surface area (Å²) < 4.78 is 23.9. The van der Waals surface area contributed by atoms with Crippen LogP contribution < -0.4 is 10.1 Å². The molecular weight excluding hydrogens is 299 g/mol. The first-order valence-electron chi connectivity index (χ1n) is 7.62. The lowest BCUT2D eigenvalue weighted by Gasteiger charge is -2.33. The van der Waals surface area contributed by atoms with Crippen molar-refractivity contribution >= 4 is 5.91 Å². The molecule has 1 saturated heterocycles. The van der Waals surface area contributed by atoms with Crippen molar-refractivity contribution < 1.29 is 18.3 Å². The molecule has 2 heterocycles. The number of benzene rings is 1. The maximum atomic E-state index is 12.8. The van der Waals surface area contributed by atoms with Crippen LogP contribution in [0.5, 0.6) is 5.75 Å². The Hall–Kier alpha value is -2.34. The van der Waals surface area contributed by atoms with Gasteiger partial charge < -0.3 is 19.4 Å². The number of amides is 1. The van der Waals surface area contributed by atoms with Crippen LogP contribution in [0.2, 0.25) is 0 Å². The van der Waals surface area contributed by atoms with Gasteiger partial charge in [-0.1, -0.05) is 0 Å². The summed E-state index contributed by atoms with van der Waals surface area (Å²) in [6.07, 6.45) is 0. The third-order valence-corrected chi connectivity index (χ3v) is 3.83. The number of carbonyl (C=O) groups excluding carboxylic acids is 1. The largest absolute Gasteiger partial charge is 0.486 e. The Bertz CT molecular complexity index is 669. The van der Waals surface area contributed by atoms with E-state index in [-0.39, 0.29) is 24.4 Å². The van der Waals surface area contributed by atoms with Gasteiger partial charge in [-0.25, -0.2) is 4.39 Å². The van der Waals surface area contributed by atoms with Crippen LogP contribution in [0.4, 0.5) is 4.39 Å². The van der Waals surface area contributed by atoms with E-state index in [9.17, 15) is 9.18 Å². The molecule has 1 fully saturated rings. The van der Waals surface area contributed by atoms with E-state index in [0.29, 0.717) is 23.8 Å². The fraction of sp³-hybridized carbons (Fsp3) is 0.353. The van der Waals surface area contributed by atoms with E-state index in [0.717, 1.165) is 13.1 Å². The fourth-order valence-corrected chi connectivity index (χ4v) is 2.54. The lowest BCUT2D eigenvalue weighted by Crippen LogP contribution is -2.52. The highest BCUT2D eigenvalue weighted by Gasteiger charge is 2.26. The van der Waals surface area contributed by atoms with Crippen LogP contribution in [-0.4, -0.2) is 36.5 Å². The smallest absolute Gasteiger partial charge is 0.289 e. The Morgan fingerprint density at radius 1 is 1.35 bits per heavy atom. The summed E-state index contributed by atoms with van der Waals surface area (Å²) in [4.78, 5) is 14.3. The number of piperazine rings is 1. The van der Waals surface area contributed by atoms with Crippen LogP contribution in [0.3, 0.4) is 0 Å². The van der Waals surface area contributed by atoms with Crippen molar-refractivity contribution in [3.8, 4) is 5.75 Å². The minimum atomic E-state index is -0.312. The second-order valence-corrected chi connectivity index (χ2v) is 5.56. The van der Waals surface area contributed by atoms with E-state index in [4.69, 9.17) is 9.15 Å². The highest BCUT2D eigenvalue weighted by atomic mass is 19.1. The van der Waals surface area contributed by atoms with Gasteiger partial charge in [0, 0.05) is 25.7 Å². The van der Waals surface area contributed by atoms with E-state index in [1.165, 1.54) is 12.1 Å². The van der Waals surface area contributed by atoms with Crippen LogP contribution >= 0.6 is 0 Å². The summed E-state index contributed by atoms with van der Waals surface area (Å²) in [6.45, 7) is 4.44. The fourth-order valence-electron chi connectivity index (χ4n) is 2.54. The molecule has 6 heteroatoms. The van der Waals surface area contributed by atoms with Gasteiger partial charge in [0.15, 0.2) is 5.76 Å². The summed E-state index contributed by atoms with van der Waals surface area (Å²) in [6, 6.07) is 9.29. The number of hydrogen-bond acceptors (Lipinski definition) is 4. The molecule has 1 aliphatic rings. The maximum absolute atomic E-state index is 12.8. The molecule has 1 N–H and O–H groups in total. The van der Waals surface area contributed by atoms with Gasteiger partial charge in [0.25, 0.3) is 5.91 Å². The maximum Gasteiger partial charge on any atom is 0.289 e. The molecule has 1 aromatic heterocycles. The number of ether oxygens (including phenoxy) is 1. The van der Waals surface area contributed by atoms with Crippen molar-refractivity contribution in [1.82, 2.24) is 10.2 Å². The summed E-state index contributed by atoms with van der Waals surface area (Å²) >= 11 is 0. The minimum absolute atomic E-state index is 0.105. The molecule has 1 aliphatic heterocycles. The molecule has 3 rings (SSSR count). The van der Waals surface area contributed by atoms with Gasteiger partial charge >= 0.3 is 0 Å². The highest BCUT2D eigenvalue weighted by Crippen LogP contribution is 2.17. The quantitative estimate of drug-likeness (QED) is 0.941. The average molecular weight is 318 g/mol. The Morgan fingerprint density at radius 3 is 2.87 bits per heavy atom. The van der Waals surface area contributed by atoms with Gasteiger partial charge in [-0.3, -0.25) is 4.79 Å². The third-order valence-electron chi connectivity index (χ3n) is 3.83. The van der Waals surface area contributed by atoms with Crippen LogP contribution in [-0.2, 0) is 6.61 Å². The standard InChI is InChI=1S/C17H19FN2O3/c1-12-10-19-8-9-20(12)17(21)16-7-6-15(23-16)11-22-14-4-2-13(18)3-5-14/h2-7,12,19H,8-11H2,1H3. The van der Waals surface area contributed by atoms with Gasteiger partial charge in [0.1, 0.15) is 23.9 Å². The van der Waals surface area contributed by atoms with E-state index in [1.54, 1.807) is 29.2 Å². The second kappa shape index (κ2) is 6.83. The van der Waals surface area contributed by atoms with Crippen molar-refractivity contribution in [2.24, 2.45) is 0 Å². The molecule has 23 heavy (non-hydrogen) atoms. The highest BCUT2D eigenvalue weighted by molar-refractivity contribution is 5.91. The van der Waals surface area contributed by atoms with Crippen molar-refractivity contribution in [3.05, 3.63) is 53.7 Å². The predicted octanol–water partition coefficient (Wildman–Crippen LogP) is 2.43. The Kier molecular flexibility index (Phi) is 4.62. The van der Waals surface area contributed by atoms with E-state index in [1.807, 2.05) is 6.92 Å². The summed E-state index contributed by atoms with van der Waals surface area (Å²) in [7, 11) is 0. The number of rotatable bonds is 4. The van der Waals surface area contributed by atoms with Crippen molar-refractivity contribution in [1.29, 1.82) is 0 Å². The summed E-state index contributed by atoms with van der Waals surface area (Å²) in [5, 5.41) is 3.25. The molecule has 5 nitrogen and oxygen atoms in total. The van der Waals surface area contributed by atoms with E-state index in [2.05, 4.69) is 5.32 Å². The molecule has 0 spiro atoms. The molecule has 0 aliphatic carbocycles. The average Bonchev–Trinajstić information content (AvgIpc) is 3.03. The zero-order valence-electron chi connectivity index (χ0n) is 12.9. The van der Waals surface area contributed by atoms with Crippen molar-refractivity contribution in [3.63, 3.8) is 0 Å². The van der Waals surface area contributed by atoms with E-state index >= 15 is 0 Å². The van der Waals surface area contributed by atoms with E-state index < -0.39 is 0 Å². The number of hydrogen-bond donors (Lipinski definition) is 1. The van der Waals surface area contributed by atoms with Crippen LogP contribution in [0, 0.1) is 5.82 Å². The number of nitrogens with one attached hydrogen (secondary N) is 1. The number of furan rings is 1. The molecule has 1 aromatic carbocycles. The number of nitrogens with zero attached hydrogens (tertiary/aromatic N) is 1. The zero-order chi connectivity index (χ0) is 16.2. The predicted molar refractivity (Wildman–Crippen MR) is 82.8 cm³/mol. The second-order valence-electron chi connectivity index (χ2n) is 5.56. The monoisotopic (exact) mass is 318 g/mol. The molecular formula is C17H19FN2O3. The first-order chi connectivity index (χ1) is 11.1. The van der Waals surface area contributed by atoms with Crippen molar-refractivity contribution in [2.45, 2.75) is 19.6 Å². The first kappa shape index (κ1) is 15.6. The topological polar surface area (TPSA) is 54.7 Å². The molecule has 0 saturated carbocycles. The van der Waals surface area contributed by atoms with Gasteiger partial charge in [-0.05, 0) is 43.3 Å². The third kappa shape index (κ3) is 3.71. The Labute approximate surface area is 134 Å². The summed E-state index contributed by atoms with van der Waals surface area (Å²) in [5.41, 5.74) is 0. The normalized spacial score (nSPS) is 18.0. The van der Waals surface area contributed by atoms with Crippen LogP contribution in [0.15, 0.2) is 40.8 Å². The molecule has 1 atom stereocenters. The minimum Gasteiger partial charge on any atom is -0.486 e. The zero-order valence-corrected chi connectivity index (χ0v) is 12.9. The lowest BCUT2D eigenvalue weighted by molar-refractivity contribution is 0.0619. The SMILES string of the molecule is CC1CNCCN1C(=O)c1ccc(COc2ccc(F)cc2)o1. The molecule has 0 radical (unpaired) electrons. The molecule has 0 bridgehead atoms. The van der Waals surface area contributed by atoms with Gasteiger partial charge in [0.05, 0.1) is 0 Å². The first-order valence-corrected chi connectivity index (χ1v) is 7.62. The molecule has 122 valence electrons. The number of carbonyl (C=O) groups is 1. The van der Waals surface area contributed by atoms with Gasteiger partial charge in [-0.15, -0.1) is 0 Å². The molecule has 1 unspecified atom stereocenters. The Balaban J connectivity index is 1.61. The van der Waals surface area contributed by atoms with Gasteiger partial charge in [0.2, 0.25) is 0 Å². The van der Waals surface area contributed by atoms with Gasteiger partial charge in [-0.2, -0.15) is 0 Å². The van der Waals surface area contributed by atoms with Crippen molar-refractivity contribution in [2.75, 3.05) is 19.6 Å². The lowest BCUT2D eigenvalue weighted by atomic mass is 10.2. The molecule has 1 amide bonds. The van der Waals surface area contributed by atoms with Crippen LogP contribution in [0.25, 0.3) is 0 Å². The molecule has 2 aromatic rings. The number of halogens is 1. The Morgan fingerprint density at radius 2 is 2.13 bits per heavy atom.